The lowest BCUT2D eigenvalue weighted by Crippen LogP contribution is -2.27. The molecule has 20 heavy (non-hydrogen) atoms. The monoisotopic (exact) mass is 299 g/mol. The van der Waals surface area contributed by atoms with Gasteiger partial charge >= 0.3 is 0 Å². The Kier molecular flexibility index (Phi) is 4.15. The number of hydrogen-bond acceptors (Lipinski definition) is 5. The summed E-state index contributed by atoms with van der Waals surface area (Å²) in [5.74, 6) is 0.338. The predicted molar refractivity (Wildman–Crippen MR) is 70.9 cm³/mol. The van der Waals surface area contributed by atoms with E-state index in [-0.39, 0.29) is 18.3 Å². The molecule has 0 aliphatic rings. The maximum atomic E-state index is 12.8. The Labute approximate surface area is 116 Å². The summed E-state index contributed by atoms with van der Waals surface area (Å²) >= 11 is 0. The topological polar surface area (TPSA) is 76.3 Å². The second kappa shape index (κ2) is 5.68. The predicted octanol–water partition coefficient (Wildman–Crippen LogP) is 1.31. The lowest BCUT2D eigenvalue weighted by atomic mass is 10.2. The summed E-state index contributed by atoms with van der Waals surface area (Å²) in [6.07, 6.45) is 1.47. The lowest BCUT2D eigenvalue weighted by molar-refractivity contribution is 0.416. The molecule has 0 N–H and O–H groups in total. The molecule has 2 rings (SSSR count). The maximum absolute atomic E-state index is 12.8. The van der Waals surface area contributed by atoms with Crippen molar-refractivity contribution in [1.29, 1.82) is 0 Å². The van der Waals surface area contributed by atoms with Gasteiger partial charge in [-0.15, -0.1) is 0 Å². The van der Waals surface area contributed by atoms with Crippen LogP contribution in [-0.4, -0.2) is 42.7 Å². The molecule has 0 saturated carbocycles. The minimum absolute atomic E-state index is 0.265. The molecule has 0 spiro atoms. The first-order valence-corrected chi connectivity index (χ1v) is 7.71. The third-order valence-corrected chi connectivity index (χ3v) is 4.09. The van der Waals surface area contributed by atoms with Crippen LogP contribution in [0.1, 0.15) is 5.82 Å². The van der Waals surface area contributed by atoms with E-state index in [4.69, 9.17) is 4.52 Å². The van der Waals surface area contributed by atoms with E-state index >= 15 is 0 Å². The van der Waals surface area contributed by atoms with E-state index in [2.05, 4.69) is 10.1 Å². The highest BCUT2D eigenvalue weighted by molar-refractivity contribution is 7.88. The molecule has 1 heterocycles. The van der Waals surface area contributed by atoms with Gasteiger partial charge in [-0.25, -0.2) is 17.1 Å². The maximum Gasteiger partial charge on any atom is 0.257 e. The minimum atomic E-state index is -3.22. The molecular formula is C12H14FN3O3S. The van der Waals surface area contributed by atoms with E-state index in [1.807, 2.05) is 0 Å². The number of nitrogens with zero attached hydrogens (tertiary/aromatic N) is 3. The van der Waals surface area contributed by atoms with Gasteiger partial charge in [0.05, 0.1) is 6.26 Å². The Hall–Kier alpha value is -1.80. The number of benzene rings is 1. The second-order valence-electron chi connectivity index (χ2n) is 4.36. The molecule has 0 radical (unpaired) electrons. The first kappa shape index (κ1) is 14.6. The van der Waals surface area contributed by atoms with Crippen LogP contribution in [0.5, 0.6) is 0 Å². The minimum Gasteiger partial charge on any atom is -0.334 e. The van der Waals surface area contributed by atoms with Crippen molar-refractivity contribution in [3.63, 3.8) is 0 Å². The van der Waals surface area contributed by atoms with E-state index < -0.39 is 10.0 Å². The highest BCUT2D eigenvalue weighted by Crippen LogP contribution is 2.17. The van der Waals surface area contributed by atoms with Gasteiger partial charge in [0.25, 0.3) is 5.89 Å². The van der Waals surface area contributed by atoms with Gasteiger partial charge in [-0.3, -0.25) is 0 Å². The number of aromatic nitrogens is 2. The highest BCUT2D eigenvalue weighted by atomic mass is 32.2. The van der Waals surface area contributed by atoms with Gasteiger partial charge in [0.15, 0.2) is 5.82 Å². The number of hydrogen-bond donors (Lipinski definition) is 0. The molecule has 0 saturated heterocycles. The van der Waals surface area contributed by atoms with Crippen molar-refractivity contribution in [2.75, 3.05) is 19.8 Å². The molecule has 0 unspecified atom stereocenters. The zero-order valence-corrected chi connectivity index (χ0v) is 11.9. The molecule has 0 bridgehead atoms. The number of likely N-dealkylation sites (N-methyl/N-ethyl adjacent to an activating group) is 1. The average molecular weight is 299 g/mol. The first-order chi connectivity index (χ1) is 9.36. The molecule has 1 aromatic heterocycles. The number of halogens is 1. The van der Waals surface area contributed by atoms with Gasteiger partial charge in [0, 0.05) is 25.6 Å². The summed E-state index contributed by atoms with van der Waals surface area (Å²) in [4.78, 5) is 4.14. The summed E-state index contributed by atoms with van der Waals surface area (Å²) in [6, 6.07) is 5.68. The summed E-state index contributed by atoms with van der Waals surface area (Å²) in [7, 11) is -1.74. The fraction of sp³-hybridized carbons (Fsp3) is 0.333. The van der Waals surface area contributed by atoms with Gasteiger partial charge < -0.3 is 4.52 Å². The summed E-state index contributed by atoms with van der Waals surface area (Å²) < 4.78 is 41.5. The van der Waals surface area contributed by atoms with Crippen LogP contribution in [0, 0.1) is 5.82 Å². The van der Waals surface area contributed by atoms with Gasteiger partial charge in [-0.1, -0.05) is 5.16 Å². The Morgan fingerprint density at radius 3 is 2.55 bits per heavy atom. The quantitative estimate of drug-likeness (QED) is 0.832. The summed E-state index contributed by atoms with van der Waals surface area (Å²) in [5.41, 5.74) is 0.613. The van der Waals surface area contributed by atoms with Crippen LogP contribution in [0.4, 0.5) is 4.39 Å². The molecule has 1 aromatic carbocycles. The summed E-state index contributed by atoms with van der Waals surface area (Å²) in [5, 5.41) is 3.77. The first-order valence-electron chi connectivity index (χ1n) is 5.86. The van der Waals surface area contributed by atoms with Gasteiger partial charge in [0.1, 0.15) is 5.82 Å². The SMILES string of the molecule is CN(CCc1noc(-c2ccc(F)cc2)n1)S(C)(=O)=O. The van der Waals surface area contributed by atoms with E-state index in [9.17, 15) is 12.8 Å². The third kappa shape index (κ3) is 3.61. The highest BCUT2D eigenvalue weighted by Gasteiger charge is 2.13. The fourth-order valence-corrected chi connectivity index (χ4v) is 1.91. The lowest BCUT2D eigenvalue weighted by Gasteiger charge is -2.11. The normalized spacial score (nSPS) is 12.0. The molecule has 2 aromatic rings. The van der Waals surface area contributed by atoms with Gasteiger partial charge in [-0.05, 0) is 24.3 Å². The van der Waals surface area contributed by atoms with Crippen molar-refractivity contribution in [3.05, 3.63) is 35.9 Å². The molecule has 0 fully saturated rings. The van der Waals surface area contributed by atoms with Crippen molar-refractivity contribution >= 4 is 10.0 Å². The Balaban J connectivity index is 2.04. The van der Waals surface area contributed by atoms with Crippen LogP contribution in [0.25, 0.3) is 11.5 Å². The molecule has 0 amide bonds. The van der Waals surface area contributed by atoms with Crippen LogP contribution in [0.15, 0.2) is 28.8 Å². The molecule has 0 atom stereocenters. The Morgan fingerprint density at radius 1 is 1.30 bits per heavy atom. The third-order valence-electron chi connectivity index (χ3n) is 2.78. The van der Waals surface area contributed by atoms with Crippen molar-refractivity contribution in [2.45, 2.75) is 6.42 Å². The van der Waals surface area contributed by atoms with Crippen molar-refractivity contribution < 1.29 is 17.3 Å². The summed E-state index contributed by atoms with van der Waals surface area (Å²) in [6.45, 7) is 0.265. The van der Waals surface area contributed by atoms with Crippen LogP contribution in [0.3, 0.4) is 0 Å². The smallest absolute Gasteiger partial charge is 0.257 e. The van der Waals surface area contributed by atoms with Crippen LogP contribution < -0.4 is 0 Å². The molecule has 8 heteroatoms. The molecule has 0 aliphatic carbocycles. The van der Waals surface area contributed by atoms with Gasteiger partial charge in [-0.2, -0.15) is 4.98 Å². The van der Waals surface area contributed by atoms with E-state index in [0.717, 1.165) is 6.26 Å². The molecule has 108 valence electrons. The molecular weight excluding hydrogens is 285 g/mol. The zero-order chi connectivity index (χ0) is 14.8. The van der Waals surface area contributed by atoms with E-state index in [1.165, 1.54) is 35.6 Å². The van der Waals surface area contributed by atoms with Crippen LogP contribution in [-0.2, 0) is 16.4 Å². The molecule has 6 nitrogen and oxygen atoms in total. The average Bonchev–Trinajstić information content (AvgIpc) is 2.84. The van der Waals surface area contributed by atoms with Crippen molar-refractivity contribution in [1.82, 2.24) is 14.4 Å². The Morgan fingerprint density at radius 2 is 1.95 bits per heavy atom. The van der Waals surface area contributed by atoms with Crippen LogP contribution >= 0.6 is 0 Å². The fourth-order valence-electron chi connectivity index (χ4n) is 1.49. The number of rotatable bonds is 5. The largest absolute Gasteiger partial charge is 0.334 e. The standard InChI is InChI=1S/C12H14FN3O3S/c1-16(20(2,17)18)8-7-11-14-12(19-15-11)9-3-5-10(13)6-4-9/h3-6H,7-8H2,1-2H3. The van der Waals surface area contributed by atoms with Crippen molar-refractivity contribution in [3.8, 4) is 11.5 Å². The Bertz CT molecular complexity index is 682. The molecule has 0 aliphatic heterocycles. The van der Waals surface area contributed by atoms with Crippen molar-refractivity contribution in [2.24, 2.45) is 0 Å². The van der Waals surface area contributed by atoms with E-state index in [1.54, 1.807) is 0 Å². The van der Waals surface area contributed by atoms with Crippen LogP contribution in [0.2, 0.25) is 0 Å². The second-order valence-corrected chi connectivity index (χ2v) is 6.45. The number of sulfonamides is 1. The van der Waals surface area contributed by atoms with E-state index in [0.29, 0.717) is 17.8 Å². The zero-order valence-electron chi connectivity index (χ0n) is 11.1. The van der Waals surface area contributed by atoms with Gasteiger partial charge in [0.2, 0.25) is 10.0 Å².